The summed E-state index contributed by atoms with van der Waals surface area (Å²) in [5.41, 5.74) is 1.33. The van der Waals surface area contributed by atoms with Crippen LogP contribution in [0.3, 0.4) is 0 Å². The summed E-state index contributed by atoms with van der Waals surface area (Å²) in [6.45, 7) is 4.64. The molecule has 2 amide bonds. The predicted molar refractivity (Wildman–Crippen MR) is 111 cm³/mol. The average Bonchev–Trinajstić information content (AvgIpc) is 3.28. The Balaban J connectivity index is 1.28. The lowest BCUT2D eigenvalue weighted by molar-refractivity contribution is -0.136. The summed E-state index contributed by atoms with van der Waals surface area (Å²) in [4.78, 5) is 27.4. The maximum atomic E-state index is 13.3. The highest BCUT2D eigenvalue weighted by Gasteiger charge is 2.39. The zero-order valence-electron chi connectivity index (χ0n) is 17.1. The van der Waals surface area contributed by atoms with Crippen LogP contribution in [0.25, 0.3) is 0 Å². The van der Waals surface area contributed by atoms with Crippen LogP contribution in [0.2, 0.25) is 0 Å². The molecular formula is C24H34N2O2. The quantitative estimate of drug-likeness (QED) is 0.809. The van der Waals surface area contributed by atoms with Gasteiger partial charge in [-0.05, 0) is 55.4 Å². The number of likely N-dealkylation sites (tertiary alicyclic amines) is 1. The maximum absolute atomic E-state index is 13.3. The molecule has 4 rings (SSSR count). The third kappa shape index (κ3) is 4.42. The lowest BCUT2D eigenvalue weighted by atomic mass is 9.75. The maximum Gasteiger partial charge on any atom is 0.226 e. The second-order valence-corrected chi connectivity index (χ2v) is 9.25. The Morgan fingerprint density at radius 2 is 1.82 bits per heavy atom. The molecule has 0 aromatic heterocycles. The van der Waals surface area contributed by atoms with Gasteiger partial charge in [0.15, 0.2) is 0 Å². The zero-order chi connectivity index (χ0) is 19.5. The van der Waals surface area contributed by atoms with E-state index in [1.54, 1.807) is 0 Å². The smallest absolute Gasteiger partial charge is 0.226 e. The highest BCUT2D eigenvalue weighted by atomic mass is 16.2. The predicted octanol–water partition coefficient (Wildman–Crippen LogP) is 3.97. The van der Waals surface area contributed by atoms with Crippen LogP contribution >= 0.6 is 0 Å². The van der Waals surface area contributed by atoms with Gasteiger partial charge in [0, 0.05) is 31.5 Å². The largest absolute Gasteiger partial charge is 0.356 e. The van der Waals surface area contributed by atoms with Gasteiger partial charge in [-0.25, -0.2) is 0 Å². The van der Waals surface area contributed by atoms with Crippen molar-refractivity contribution >= 4 is 11.8 Å². The molecule has 0 spiro atoms. The number of nitrogens with one attached hydrogen (secondary N) is 1. The molecule has 1 saturated heterocycles. The number of hydrogen-bond donors (Lipinski definition) is 1. The van der Waals surface area contributed by atoms with E-state index in [0.29, 0.717) is 23.7 Å². The van der Waals surface area contributed by atoms with E-state index in [1.165, 1.54) is 18.4 Å². The fraction of sp³-hybridized carbons (Fsp3) is 0.667. The molecule has 3 fully saturated rings. The van der Waals surface area contributed by atoms with Crippen LogP contribution in [0.1, 0.15) is 63.4 Å². The first kappa shape index (κ1) is 19.5. The van der Waals surface area contributed by atoms with Crippen LogP contribution in [0, 0.1) is 23.7 Å². The topological polar surface area (TPSA) is 49.4 Å². The Hall–Kier alpha value is -1.84. The molecule has 1 heterocycles. The third-order valence-electron chi connectivity index (χ3n) is 7.21. The lowest BCUT2D eigenvalue weighted by Gasteiger charge is -2.33. The third-order valence-corrected chi connectivity index (χ3v) is 7.21. The van der Waals surface area contributed by atoms with Crippen LogP contribution in [-0.4, -0.2) is 36.3 Å². The monoisotopic (exact) mass is 382 g/mol. The van der Waals surface area contributed by atoms with Gasteiger partial charge in [0.25, 0.3) is 0 Å². The minimum Gasteiger partial charge on any atom is -0.356 e. The molecule has 1 aromatic carbocycles. The highest BCUT2D eigenvalue weighted by Crippen LogP contribution is 2.40. The molecule has 1 aromatic rings. The van der Waals surface area contributed by atoms with Gasteiger partial charge in [0.1, 0.15) is 0 Å². The number of benzene rings is 1. The van der Waals surface area contributed by atoms with Crippen molar-refractivity contribution in [1.29, 1.82) is 0 Å². The van der Waals surface area contributed by atoms with E-state index in [0.717, 1.165) is 51.7 Å². The van der Waals surface area contributed by atoms with Gasteiger partial charge in [-0.15, -0.1) is 0 Å². The average molecular weight is 383 g/mol. The van der Waals surface area contributed by atoms with Gasteiger partial charge in [0.05, 0.1) is 0 Å². The van der Waals surface area contributed by atoms with E-state index in [1.807, 2.05) is 0 Å². The molecule has 1 N–H and O–H groups in total. The summed E-state index contributed by atoms with van der Waals surface area (Å²) >= 11 is 0. The van der Waals surface area contributed by atoms with Crippen LogP contribution < -0.4 is 5.32 Å². The molecule has 152 valence electrons. The Morgan fingerprint density at radius 1 is 1.07 bits per heavy atom. The summed E-state index contributed by atoms with van der Waals surface area (Å²) < 4.78 is 0. The van der Waals surface area contributed by atoms with Crippen molar-refractivity contribution in [3.05, 3.63) is 35.9 Å². The van der Waals surface area contributed by atoms with E-state index in [4.69, 9.17) is 0 Å². The standard InChI is InChI=1S/C24H34N2O2/c1-17-15-22(17)23(27)25-13-11-18-12-14-26(16-18)24(28)21-10-6-5-9-20(21)19-7-3-2-4-8-19/h2-4,7-8,17-18,20-22H,5-6,9-16H2,1H3,(H,25,27)/t17-,18+,20-,21-,22-/m1/s1. The van der Waals surface area contributed by atoms with Crippen molar-refractivity contribution in [3.8, 4) is 0 Å². The molecule has 2 saturated carbocycles. The zero-order valence-corrected chi connectivity index (χ0v) is 17.1. The number of hydrogen-bond acceptors (Lipinski definition) is 2. The molecule has 1 aliphatic heterocycles. The second kappa shape index (κ2) is 8.67. The SMILES string of the molecule is C[C@@H]1C[C@H]1C(=O)NCC[C@H]1CCN(C(=O)[C@@H]2CCCC[C@@H]2c2ccccc2)C1. The van der Waals surface area contributed by atoms with Crippen molar-refractivity contribution in [3.63, 3.8) is 0 Å². The van der Waals surface area contributed by atoms with Crippen molar-refractivity contribution in [2.45, 2.75) is 57.8 Å². The van der Waals surface area contributed by atoms with Gasteiger partial charge >= 0.3 is 0 Å². The van der Waals surface area contributed by atoms with Crippen molar-refractivity contribution in [2.75, 3.05) is 19.6 Å². The molecular weight excluding hydrogens is 348 g/mol. The molecule has 4 heteroatoms. The minimum absolute atomic E-state index is 0.144. The van der Waals surface area contributed by atoms with E-state index in [9.17, 15) is 9.59 Å². The molecule has 0 unspecified atom stereocenters. The summed E-state index contributed by atoms with van der Waals surface area (Å²) in [7, 11) is 0. The van der Waals surface area contributed by atoms with Crippen LogP contribution in [0.5, 0.6) is 0 Å². The van der Waals surface area contributed by atoms with Crippen molar-refractivity contribution < 1.29 is 9.59 Å². The highest BCUT2D eigenvalue weighted by molar-refractivity contribution is 5.81. The van der Waals surface area contributed by atoms with E-state index in [-0.39, 0.29) is 17.7 Å². The number of carbonyl (C=O) groups excluding carboxylic acids is 2. The summed E-state index contributed by atoms with van der Waals surface area (Å²) in [5, 5.41) is 3.10. The summed E-state index contributed by atoms with van der Waals surface area (Å²) in [6, 6.07) is 10.6. The normalized spacial score (nSPS) is 32.2. The molecule has 0 bridgehead atoms. The second-order valence-electron chi connectivity index (χ2n) is 9.25. The van der Waals surface area contributed by atoms with E-state index >= 15 is 0 Å². The Kier molecular flexibility index (Phi) is 6.03. The molecule has 3 aliphatic rings. The minimum atomic E-state index is 0.144. The number of rotatable bonds is 6. The molecule has 5 atom stereocenters. The van der Waals surface area contributed by atoms with E-state index in [2.05, 4.69) is 47.5 Å². The van der Waals surface area contributed by atoms with Gasteiger partial charge in [0.2, 0.25) is 11.8 Å². The number of nitrogens with zero attached hydrogens (tertiary/aromatic N) is 1. The molecule has 2 aliphatic carbocycles. The van der Waals surface area contributed by atoms with Gasteiger partial charge < -0.3 is 10.2 Å². The lowest BCUT2D eigenvalue weighted by Crippen LogP contribution is -2.38. The van der Waals surface area contributed by atoms with Gasteiger partial charge in [-0.1, -0.05) is 50.1 Å². The van der Waals surface area contributed by atoms with Crippen LogP contribution in [0.15, 0.2) is 30.3 Å². The first-order valence-electron chi connectivity index (χ1n) is 11.2. The molecule has 4 nitrogen and oxygen atoms in total. The number of carbonyl (C=O) groups is 2. The Bertz CT molecular complexity index is 689. The van der Waals surface area contributed by atoms with E-state index < -0.39 is 0 Å². The summed E-state index contributed by atoms with van der Waals surface area (Å²) in [6.07, 6.45) is 7.65. The molecule has 0 radical (unpaired) electrons. The number of amides is 2. The van der Waals surface area contributed by atoms with Gasteiger partial charge in [-0.3, -0.25) is 9.59 Å². The Labute approximate surface area is 169 Å². The van der Waals surface area contributed by atoms with Crippen LogP contribution in [-0.2, 0) is 9.59 Å². The first-order valence-corrected chi connectivity index (χ1v) is 11.2. The van der Waals surface area contributed by atoms with Crippen molar-refractivity contribution in [2.24, 2.45) is 23.7 Å². The first-order chi connectivity index (χ1) is 13.6. The van der Waals surface area contributed by atoms with Crippen LogP contribution in [0.4, 0.5) is 0 Å². The molecule has 28 heavy (non-hydrogen) atoms. The van der Waals surface area contributed by atoms with Crippen molar-refractivity contribution in [1.82, 2.24) is 10.2 Å². The summed E-state index contributed by atoms with van der Waals surface area (Å²) in [5.74, 6) is 2.46. The Morgan fingerprint density at radius 3 is 2.57 bits per heavy atom. The van der Waals surface area contributed by atoms with Gasteiger partial charge in [-0.2, -0.15) is 0 Å². The fourth-order valence-electron chi connectivity index (χ4n) is 5.25. The fourth-order valence-corrected chi connectivity index (χ4v) is 5.25.